The molecule has 0 spiro atoms. The maximum Gasteiger partial charge on any atom is -0.00462 e. The zero-order valence-corrected chi connectivity index (χ0v) is 4.61. The van der Waals surface area contributed by atoms with Crippen LogP contribution in [-0.4, -0.2) is 13.1 Å². The molecule has 0 aromatic carbocycles. The van der Waals surface area contributed by atoms with E-state index in [0.717, 1.165) is 0 Å². The number of hydrogen-bond acceptors (Lipinski definition) is 1. The van der Waals surface area contributed by atoms with Crippen LogP contribution in [0.4, 0.5) is 0 Å². The van der Waals surface area contributed by atoms with Crippen molar-refractivity contribution in [1.82, 2.24) is 5.32 Å². The van der Waals surface area contributed by atoms with Crippen molar-refractivity contribution in [3.8, 4) is 0 Å². The third-order valence-corrected chi connectivity index (χ3v) is 1.29. The van der Waals surface area contributed by atoms with Gasteiger partial charge in [0.1, 0.15) is 0 Å². The van der Waals surface area contributed by atoms with Gasteiger partial charge in [-0.25, -0.2) is 0 Å². The largest absolute Gasteiger partial charge is 0.317 e. The lowest BCUT2D eigenvalue weighted by Gasteiger charge is -1.91. The standard InChI is InChI=1S/C6H12N/c1-2-4-6-7-5-3-1/h1,7H,2-6H2. The van der Waals surface area contributed by atoms with Gasteiger partial charge in [0.15, 0.2) is 0 Å². The van der Waals surface area contributed by atoms with Gasteiger partial charge in [-0.3, -0.25) is 0 Å². The fourth-order valence-corrected chi connectivity index (χ4v) is 0.845. The topological polar surface area (TPSA) is 12.0 Å². The van der Waals surface area contributed by atoms with Gasteiger partial charge in [-0.15, -0.1) is 0 Å². The number of nitrogens with one attached hydrogen (secondary N) is 1. The molecule has 1 fully saturated rings. The van der Waals surface area contributed by atoms with Gasteiger partial charge in [-0.2, -0.15) is 0 Å². The van der Waals surface area contributed by atoms with Crippen LogP contribution in [0.1, 0.15) is 19.3 Å². The summed E-state index contributed by atoms with van der Waals surface area (Å²) in [5, 5.41) is 3.32. The second-order valence-electron chi connectivity index (χ2n) is 1.97. The molecule has 1 aliphatic heterocycles. The van der Waals surface area contributed by atoms with Gasteiger partial charge in [-0.05, 0) is 38.8 Å². The summed E-state index contributed by atoms with van der Waals surface area (Å²) in [6.45, 7) is 2.41. The van der Waals surface area contributed by atoms with Crippen LogP contribution in [0.5, 0.6) is 0 Å². The highest BCUT2D eigenvalue weighted by atomic mass is 14.8. The zero-order chi connectivity index (χ0) is 4.95. The van der Waals surface area contributed by atoms with Crippen molar-refractivity contribution in [1.29, 1.82) is 0 Å². The van der Waals surface area contributed by atoms with Gasteiger partial charge < -0.3 is 5.32 Å². The first kappa shape index (κ1) is 5.10. The Labute approximate surface area is 45.1 Å². The molecule has 1 nitrogen and oxygen atoms in total. The highest BCUT2D eigenvalue weighted by Gasteiger charge is 1.94. The van der Waals surface area contributed by atoms with E-state index < -0.39 is 0 Å². The molecule has 0 saturated carbocycles. The Hall–Kier alpha value is -0.0400. The lowest BCUT2D eigenvalue weighted by atomic mass is 10.2. The second kappa shape index (κ2) is 3.03. The molecule has 0 atom stereocenters. The van der Waals surface area contributed by atoms with Crippen LogP contribution in [0.25, 0.3) is 0 Å². The Balaban J connectivity index is 2.04. The fourth-order valence-electron chi connectivity index (χ4n) is 0.845. The summed E-state index contributed by atoms with van der Waals surface area (Å²) in [6.07, 6.45) is 6.27. The molecule has 0 aromatic rings. The summed E-state index contributed by atoms with van der Waals surface area (Å²) < 4.78 is 0. The van der Waals surface area contributed by atoms with E-state index in [2.05, 4.69) is 11.7 Å². The summed E-state index contributed by atoms with van der Waals surface area (Å²) in [5.41, 5.74) is 0. The zero-order valence-electron chi connectivity index (χ0n) is 4.61. The van der Waals surface area contributed by atoms with Crippen molar-refractivity contribution in [3.05, 3.63) is 6.42 Å². The molecule has 1 N–H and O–H groups in total. The highest BCUT2D eigenvalue weighted by molar-refractivity contribution is 4.70. The Bertz CT molecular complexity index is 23.8. The van der Waals surface area contributed by atoms with Crippen molar-refractivity contribution in [2.45, 2.75) is 19.3 Å². The summed E-state index contributed by atoms with van der Waals surface area (Å²) >= 11 is 0. The second-order valence-corrected chi connectivity index (χ2v) is 1.97. The SMILES string of the molecule is [CH]1CCCNCC1. The average Bonchev–Trinajstić information content (AvgIpc) is 1.90. The molecule has 1 heterocycles. The van der Waals surface area contributed by atoms with Gasteiger partial charge in [0.05, 0.1) is 0 Å². The monoisotopic (exact) mass is 98.1 g/mol. The van der Waals surface area contributed by atoms with Crippen LogP contribution >= 0.6 is 0 Å². The molecule has 1 radical (unpaired) electrons. The minimum absolute atomic E-state index is 1.19. The van der Waals surface area contributed by atoms with E-state index in [0.29, 0.717) is 0 Å². The van der Waals surface area contributed by atoms with Crippen molar-refractivity contribution < 1.29 is 0 Å². The summed E-state index contributed by atoms with van der Waals surface area (Å²) in [5.74, 6) is 0. The fraction of sp³-hybridized carbons (Fsp3) is 0.833. The first-order valence-electron chi connectivity index (χ1n) is 3.02. The normalized spacial score (nSPS) is 24.0. The Kier molecular flexibility index (Phi) is 2.21. The van der Waals surface area contributed by atoms with Crippen LogP contribution in [0.3, 0.4) is 0 Å². The first-order valence-corrected chi connectivity index (χ1v) is 3.02. The highest BCUT2D eigenvalue weighted by Crippen LogP contribution is 1.99. The molecule has 1 saturated heterocycles. The summed E-state index contributed by atoms with van der Waals surface area (Å²) in [4.78, 5) is 0. The molecule has 0 unspecified atom stereocenters. The van der Waals surface area contributed by atoms with Crippen LogP contribution in [-0.2, 0) is 0 Å². The van der Waals surface area contributed by atoms with Gasteiger partial charge in [-0.1, -0.05) is 0 Å². The molecule has 1 heteroatoms. The minimum atomic E-state index is 1.19. The molecular weight excluding hydrogens is 86.1 g/mol. The molecule has 1 rings (SSSR count). The molecule has 0 bridgehead atoms. The van der Waals surface area contributed by atoms with Crippen LogP contribution < -0.4 is 5.32 Å². The first-order chi connectivity index (χ1) is 3.50. The van der Waals surface area contributed by atoms with Crippen LogP contribution in [0, 0.1) is 6.42 Å². The maximum absolute atomic E-state index is 3.32. The third kappa shape index (κ3) is 1.93. The van der Waals surface area contributed by atoms with E-state index in [-0.39, 0.29) is 0 Å². The van der Waals surface area contributed by atoms with Crippen LogP contribution in [0.2, 0.25) is 0 Å². The number of hydrogen-bond donors (Lipinski definition) is 1. The molecule has 0 aromatic heterocycles. The predicted molar refractivity (Wildman–Crippen MR) is 31.0 cm³/mol. The lowest BCUT2D eigenvalue weighted by Crippen LogP contribution is -2.13. The average molecular weight is 98.2 g/mol. The smallest absolute Gasteiger partial charge is 0.00462 e. The summed E-state index contributed by atoms with van der Waals surface area (Å²) in [7, 11) is 0. The van der Waals surface area contributed by atoms with Gasteiger partial charge in [0.2, 0.25) is 0 Å². The number of rotatable bonds is 0. The Morgan fingerprint density at radius 2 is 2.14 bits per heavy atom. The van der Waals surface area contributed by atoms with Gasteiger partial charge in [0.25, 0.3) is 0 Å². The van der Waals surface area contributed by atoms with Crippen molar-refractivity contribution in [2.24, 2.45) is 0 Å². The molecule has 41 valence electrons. The minimum Gasteiger partial charge on any atom is -0.317 e. The van der Waals surface area contributed by atoms with Gasteiger partial charge >= 0.3 is 0 Å². The van der Waals surface area contributed by atoms with Crippen molar-refractivity contribution >= 4 is 0 Å². The quantitative estimate of drug-likeness (QED) is 0.476. The van der Waals surface area contributed by atoms with E-state index in [4.69, 9.17) is 0 Å². The summed E-state index contributed by atoms with van der Waals surface area (Å²) in [6, 6.07) is 0. The lowest BCUT2D eigenvalue weighted by molar-refractivity contribution is 0.703. The van der Waals surface area contributed by atoms with E-state index in [1.165, 1.54) is 32.4 Å². The maximum atomic E-state index is 3.32. The van der Waals surface area contributed by atoms with E-state index in [9.17, 15) is 0 Å². The molecule has 1 aliphatic rings. The molecule has 7 heavy (non-hydrogen) atoms. The van der Waals surface area contributed by atoms with Crippen molar-refractivity contribution in [3.63, 3.8) is 0 Å². The van der Waals surface area contributed by atoms with Crippen molar-refractivity contribution in [2.75, 3.05) is 13.1 Å². The van der Waals surface area contributed by atoms with E-state index in [1.807, 2.05) is 0 Å². The Morgan fingerprint density at radius 1 is 1.14 bits per heavy atom. The van der Waals surface area contributed by atoms with E-state index >= 15 is 0 Å². The Morgan fingerprint density at radius 3 is 3.14 bits per heavy atom. The molecular formula is C6H12N. The van der Waals surface area contributed by atoms with E-state index in [1.54, 1.807) is 0 Å². The van der Waals surface area contributed by atoms with Gasteiger partial charge in [0, 0.05) is 0 Å². The van der Waals surface area contributed by atoms with Crippen LogP contribution in [0.15, 0.2) is 0 Å². The molecule has 0 amide bonds. The predicted octanol–water partition coefficient (Wildman–Crippen LogP) is 0.964. The third-order valence-electron chi connectivity index (χ3n) is 1.29. The molecule has 0 aliphatic carbocycles.